The van der Waals surface area contributed by atoms with Gasteiger partial charge in [0.05, 0.1) is 18.4 Å². The molecule has 6 heteroatoms. The van der Waals surface area contributed by atoms with E-state index in [1.165, 1.54) is 6.26 Å². The summed E-state index contributed by atoms with van der Waals surface area (Å²) < 4.78 is 5.04. The second-order valence-electron chi connectivity index (χ2n) is 4.53. The lowest BCUT2D eigenvalue weighted by atomic mass is 10.2. The maximum atomic E-state index is 11.8. The molecule has 0 aliphatic carbocycles. The number of hydrogen-bond donors (Lipinski definition) is 2. The van der Waals surface area contributed by atoms with Gasteiger partial charge in [0.2, 0.25) is 5.91 Å². The van der Waals surface area contributed by atoms with Crippen LogP contribution in [0.3, 0.4) is 0 Å². The summed E-state index contributed by atoms with van der Waals surface area (Å²) in [6.45, 7) is 2.14. The van der Waals surface area contributed by atoms with Crippen molar-refractivity contribution in [1.82, 2.24) is 15.6 Å². The Hall–Kier alpha value is -2.63. The molecule has 0 aromatic carbocycles. The first kappa shape index (κ1) is 14.8. The lowest BCUT2D eigenvalue weighted by molar-refractivity contribution is -0.120. The van der Waals surface area contributed by atoms with E-state index in [9.17, 15) is 9.59 Å². The number of amides is 2. The molecule has 2 N–H and O–H groups in total. The first-order valence-corrected chi connectivity index (χ1v) is 6.64. The summed E-state index contributed by atoms with van der Waals surface area (Å²) in [6, 6.07) is 5.37. The number of nitrogens with one attached hydrogen (secondary N) is 2. The molecule has 21 heavy (non-hydrogen) atoms. The highest BCUT2D eigenvalue weighted by molar-refractivity contribution is 5.97. The van der Waals surface area contributed by atoms with E-state index in [1.54, 1.807) is 25.4 Å². The molecule has 0 fully saturated rings. The van der Waals surface area contributed by atoms with E-state index in [-0.39, 0.29) is 18.4 Å². The summed E-state index contributed by atoms with van der Waals surface area (Å²) in [5.41, 5.74) is 1.49. The highest BCUT2D eigenvalue weighted by atomic mass is 16.3. The number of furan rings is 1. The molecule has 0 atom stereocenters. The third kappa shape index (κ3) is 4.45. The minimum absolute atomic E-state index is 0.0590. The summed E-state index contributed by atoms with van der Waals surface area (Å²) in [4.78, 5) is 27.4. The second kappa shape index (κ2) is 7.23. The third-order valence-electron chi connectivity index (χ3n) is 2.97. The molecule has 0 aliphatic heterocycles. The standard InChI is InChI=1S/C15H17N3O3/c1-11-13(5-8-21-11)15(20)18-10-14(19)17-7-4-12-3-2-6-16-9-12/h2-3,5-6,8-9H,4,7,10H2,1H3,(H,17,19)(H,18,20). The van der Waals surface area contributed by atoms with Crippen molar-refractivity contribution < 1.29 is 14.0 Å². The average Bonchev–Trinajstić information content (AvgIpc) is 2.92. The first-order valence-electron chi connectivity index (χ1n) is 6.64. The number of aromatic nitrogens is 1. The lowest BCUT2D eigenvalue weighted by Gasteiger charge is -2.06. The van der Waals surface area contributed by atoms with Crippen LogP contribution in [0.4, 0.5) is 0 Å². The Morgan fingerprint density at radius 2 is 2.14 bits per heavy atom. The number of nitrogens with zero attached hydrogens (tertiary/aromatic N) is 1. The summed E-state index contributed by atoms with van der Waals surface area (Å²) in [6.07, 6.45) is 5.61. The van der Waals surface area contributed by atoms with Crippen LogP contribution >= 0.6 is 0 Å². The van der Waals surface area contributed by atoms with Gasteiger partial charge in [-0.15, -0.1) is 0 Å². The number of pyridine rings is 1. The van der Waals surface area contributed by atoms with Gasteiger partial charge in [-0.2, -0.15) is 0 Å². The Morgan fingerprint density at radius 3 is 2.81 bits per heavy atom. The van der Waals surface area contributed by atoms with E-state index in [1.807, 2.05) is 12.1 Å². The zero-order valence-electron chi connectivity index (χ0n) is 11.8. The van der Waals surface area contributed by atoms with Crippen molar-refractivity contribution in [3.05, 3.63) is 53.7 Å². The largest absolute Gasteiger partial charge is 0.469 e. The quantitative estimate of drug-likeness (QED) is 0.832. The SMILES string of the molecule is Cc1occc1C(=O)NCC(=O)NCCc1cccnc1. The minimum atomic E-state index is -0.316. The molecule has 6 nitrogen and oxygen atoms in total. The molecule has 2 aromatic heterocycles. The maximum Gasteiger partial charge on any atom is 0.255 e. The smallest absolute Gasteiger partial charge is 0.255 e. The van der Waals surface area contributed by atoms with Crippen molar-refractivity contribution in [2.75, 3.05) is 13.1 Å². The van der Waals surface area contributed by atoms with Crippen LogP contribution in [-0.4, -0.2) is 29.9 Å². The molecule has 0 saturated heterocycles. The topological polar surface area (TPSA) is 84.2 Å². The Balaban J connectivity index is 1.68. The number of hydrogen-bond acceptors (Lipinski definition) is 4. The second-order valence-corrected chi connectivity index (χ2v) is 4.53. The molecule has 0 saturated carbocycles. The van der Waals surface area contributed by atoms with Gasteiger partial charge < -0.3 is 15.1 Å². The van der Waals surface area contributed by atoms with Crippen molar-refractivity contribution in [3.63, 3.8) is 0 Å². The van der Waals surface area contributed by atoms with Crippen molar-refractivity contribution >= 4 is 11.8 Å². The predicted octanol–water partition coefficient (Wildman–Crippen LogP) is 1.07. The summed E-state index contributed by atoms with van der Waals surface area (Å²) in [7, 11) is 0. The fourth-order valence-corrected chi connectivity index (χ4v) is 1.83. The van der Waals surface area contributed by atoms with Gasteiger partial charge in [0, 0.05) is 18.9 Å². The zero-order valence-corrected chi connectivity index (χ0v) is 11.8. The fourth-order valence-electron chi connectivity index (χ4n) is 1.83. The molecular formula is C15H17N3O3. The van der Waals surface area contributed by atoms with Crippen LogP contribution in [0.15, 0.2) is 41.3 Å². The Bertz CT molecular complexity index is 608. The van der Waals surface area contributed by atoms with Gasteiger partial charge in [-0.1, -0.05) is 6.07 Å². The van der Waals surface area contributed by atoms with Gasteiger partial charge in [0.1, 0.15) is 5.76 Å². The zero-order chi connectivity index (χ0) is 15.1. The van der Waals surface area contributed by atoms with Crippen molar-refractivity contribution in [2.45, 2.75) is 13.3 Å². The summed E-state index contributed by atoms with van der Waals surface area (Å²) in [5, 5.41) is 5.29. The van der Waals surface area contributed by atoms with Crippen molar-refractivity contribution in [2.24, 2.45) is 0 Å². The molecule has 0 aliphatic rings. The van der Waals surface area contributed by atoms with E-state index in [0.717, 1.165) is 5.56 Å². The van der Waals surface area contributed by atoms with Gasteiger partial charge in [-0.05, 0) is 31.0 Å². The number of aryl methyl sites for hydroxylation is 1. The molecule has 0 radical (unpaired) electrons. The highest BCUT2D eigenvalue weighted by Crippen LogP contribution is 2.07. The Kier molecular flexibility index (Phi) is 5.09. The van der Waals surface area contributed by atoms with Crippen LogP contribution in [-0.2, 0) is 11.2 Å². The number of rotatable bonds is 6. The molecule has 0 unspecified atom stereocenters. The van der Waals surface area contributed by atoms with E-state index >= 15 is 0 Å². The first-order chi connectivity index (χ1) is 10.2. The van der Waals surface area contributed by atoms with E-state index in [4.69, 9.17) is 4.42 Å². The molecule has 0 spiro atoms. The van der Waals surface area contributed by atoms with Gasteiger partial charge in [-0.3, -0.25) is 14.6 Å². The summed E-state index contributed by atoms with van der Waals surface area (Å²) >= 11 is 0. The normalized spacial score (nSPS) is 10.1. The molecule has 2 heterocycles. The average molecular weight is 287 g/mol. The molecule has 2 rings (SSSR count). The molecule has 0 bridgehead atoms. The van der Waals surface area contributed by atoms with Crippen LogP contribution in [0, 0.1) is 6.92 Å². The van der Waals surface area contributed by atoms with Gasteiger partial charge >= 0.3 is 0 Å². The highest BCUT2D eigenvalue weighted by Gasteiger charge is 2.12. The van der Waals surface area contributed by atoms with Crippen molar-refractivity contribution in [3.8, 4) is 0 Å². The van der Waals surface area contributed by atoms with Crippen LogP contribution in [0.25, 0.3) is 0 Å². The Labute approximate surface area is 122 Å². The van der Waals surface area contributed by atoms with E-state index < -0.39 is 0 Å². The van der Waals surface area contributed by atoms with Gasteiger partial charge in [-0.25, -0.2) is 0 Å². The Morgan fingerprint density at radius 1 is 1.29 bits per heavy atom. The van der Waals surface area contributed by atoms with Crippen LogP contribution in [0.1, 0.15) is 21.7 Å². The molecule has 110 valence electrons. The lowest BCUT2D eigenvalue weighted by Crippen LogP contribution is -2.37. The van der Waals surface area contributed by atoms with Crippen LogP contribution in [0.5, 0.6) is 0 Å². The van der Waals surface area contributed by atoms with Gasteiger partial charge in [0.15, 0.2) is 0 Å². The monoisotopic (exact) mass is 287 g/mol. The van der Waals surface area contributed by atoms with Crippen LogP contribution < -0.4 is 10.6 Å². The van der Waals surface area contributed by atoms with E-state index in [2.05, 4.69) is 15.6 Å². The number of carbonyl (C=O) groups is 2. The van der Waals surface area contributed by atoms with Crippen molar-refractivity contribution in [1.29, 1.82) is 0 Å². The number of carbonyl (C=O) groups excluding carboxylic acids is 2. The molecule has 2 amide bonds. The molecular weight excluding hydrogens is 270 g/mol. The fraction of sp³-hybridized carbons (Fsp3) is 0.267. The minimum Gasteiger partial charge on any atom is -0.469 e. The maximum absolute atomic E-state index is 11.8. The predicted molar refractivity (Wildman–Crippen MR) is 76.7 cm³/mol. The van der Waals surface area contributed by atoms with E-state index in [0.29, 0.717) is 24.3 Å². The third-order valence-corrected chi connectivity index (χ3v) is 2.97. The van der Waals surface area contributed by atoms with Crippen LogP contribution in [0.2, 0.25) is 0 Å². The van der Waals surface area contributed by atoms with Gasteiger partial charge in [0.25, 0.3) is 5.91 Å². The summed E-state index contributed by atoms with van der Waals surface area (Å²) in [5.74, 6) is -0.0125. The molecule has 2 aromatic rings.